The van der Waals surface area contributed by atoms with Crippen molar-refractivity contribution in [2.24, 2.45) is 5.41 Å². The molecular formula is C15H24O4S2. The van der Waals surface area contributed by atoms with Crippen LogP contribution in [0.5, 0.6) is 0 Å². The number of allylic oxidation sites excluding steroid dienone is 1. The van der Waals surface area contributed by atoms with E-state index >= 15 is 0 Å². The van der Waals surface area contributed by atoms with Crippen LogP contribution in [0.25, 0.3) is 0 Å². The summed E-state index contributed by atoms with van der Waals surface area (Å²) in [7, 11) is 2.64. The Morgan fingerprint density at radius 2 is 1.76 bits per heavy atom. The van der Waals surface area contributed by atoms with Gasteiger partial charge in [0, 0.05) is 0 Å². The number of carbonyl (C=O) groups excluding carboxylic acids is 2. The van der Waals surface area contributed by atoms with Crippen molar-refractivity contribution in [3.05, 3.63) is 12.7 Å². The van der Waals surface area contributed by atoms with E-state index in [9.17, 15) is 9.59 Å². The van der Waals surface area contributed by atoms with Gasteiger partial charge in [0.15, 0.2) is 5.41 Å². The van der Waals surface area contributed by atoms with Crippen LogP contribution in [0.15, 0.2) is 12.7 Å². The van der Waals surface area contributed by atoms with Gasteiger partial charge in [0.05, 0.1) is 18.8 Å². The van der Waals surface area contributed by atoms with E-state index < -0.39 is 17.4 Å². The lowest BCUT2D eigenvalue weighted by atomic mass is 9.79. The van der Waals surface area contributed by atoms with E-state index in [0.29, 0.717) is 23.8 Å². The fraction of sp³-hybridized carbons (Fsp3) is 0.733. The summed E-state index contributed by atoms with van der Waals surface area (Å²) in [6.07, 6.45) is 5.17. The molecule has 0 atom stereocenters. The topological polar surface area (TPSA) is 52.6 Å². The monoisotopic (exact) mass is 332 g/mol. The molecule has 1 fully saturated rings. The molecule has 1 aliphatic heterocycles. The molecule has 0 aromatic rings. The summed E-state index contributed by atoms with van der Waals surface area (Å²) in [5, 5.41) is 0. The zero-order valence-electron chi connectivity index (χ0n) is 12.8. The Kier molecular flexibility index (Phi) is 8.26. The molecule has 0 saturated carbocycles. The highest BCUT2D eigenvalue weighted by atomic mass is 32.2. The summed E-state index contributed by atoms with van der Waals surface area (Å²) in [5.41, 5.74) is -1.20. The maximum absolute atomic E-state index is 12.2. The van der Waals surface area contributed by atoms with E-state index in [1.807, 2.05) is 23.5 Å². The van der Waals surface area contributed by atoms with Crippen LogP contribution >= 0.6 is 23.5 Å². The second-order valence-corrected chi connectivity index (χ2v) is 7.88. The minimum Gasteiger partial charge on any atom is -0.468 e. The highest BCUT2D eigenvalue weighted by molar-refractivity contribution is 8.17. The van der Waals surface area contributed by atoms with Gasteiger partial charge in [-0.2, -0.15) is 0 Å². The fourth-order valence-electron chi connectivity index (χ4n) is 2.42. The predicted octanol–water partition coefficient (Wildman–Crippen LogP) is 3.26. The van der Waals surface area contributed by atoms with Crippen molar-refractivity contribution in [1.82, 2.24) is 0 Å². The Labute approximate surface area is 135 Å². The summed E-state index contributed by atoms with van der Waals surface area (Å²) in [6, 6.07) is 0. The molecule has 6 heteroatoms. The highest BCUT2D eigenvalue weighted by Crippen LogP contribution is 2.40. The molecule has 21 heavy (non-hydrogen) atoms. The largest absolute Gasteiger partial charge is 0.468 e. The van der Waals surface area contributed by atoms with Crippen molar-refractivity contribution < 1.29 is 19.1 Å². The van der Waals surface area contributed by atoms with E-state index in [2.05, 4.69) is 6.58 Å². The first-order chi connectivity index (χ1) is 10.1. The Morgan fingerprint density at radius 1 is 1.19 bits per heavy atom. The average molecular weight is 332 g/mol. The van der Waals surface area contributed by atoms with Crippen LogP contribution in [0.2, 0.25) is 0 Å². The van der Waals surface area contributed by atoms with Crippen molar-refractivity contribution in [3.63, 3.8) is 0 Å². The SMILES string of the molecule is C=CCCC(CCC1SCCCS1)(C(=O)OC)C(=O)OC. The number of esters is 2. The zero-order chi connectivity index (χ0) is 15.7. The standard InChI is InChI=1S/C15H24O4S2/c1-4-5-8-15(13(16)18-2,14(17)19-3)9-7-12-20-10-6-11-21-12/h4,12H,1,5-11H2,2-3H3. The van der Waals surface area contributed by atoms with Crippen molar-refractivity contribution in [2.75, 3.05) is 25.7 Å². The molecule has 0 aromatic carbocycles. The van der Waals surface area contributed by atoms with E-state index in [1.165, 1.54) is 20.6 Å². The van der Waals surface area contributed by atoms with E-state index in [4.69, 9.17) is 9.47 Å². The third kappa shape index (κ3) is 4.95. The smallest absolute Gasteiger partial charge is 0.323 e. The number of thioether (sulfide) groups is 2. The maximum Gasteiger partial charge on any atom is 0.323 e. The van der Waals surface area contributed by atoms with Crippen LogP contribution in [-0.4, -0.2) is 42.2 Å². The van der Waals surface area contributed by atoms with Gasteiger partial charge in [0.1, 0.15) is 0 Å². The second kappa shape index (κ2) is 9.41. The van der Waals surface area contributed by atoms with Crippen molar-refractivity contribution in [2.45, 2.75) is 36.7 Å². The molecule has 0 amide bonds. The number of carbonyl (C=O) groups is 2. The first kappa shape index (κ1) is 18.4. The maximum atomic E-state index is 12.2. The third-order valence-electron chi connectivity index (χ3n) is 3.63. The van der Waals surface area contributed by atoms with Crippen molar-refractivity contribution >= 4 is 35.5 Å². The number of rotatable bonds is 8. The zero-order valence-corrected chi connectivity index (χ0v) is 14.4. The van der Waals surface area contributed by atoms with E-state index in [1.54, 1.807) is 6.08 Å². The van der Waals surface area contributed by atoms with Gasteiger partial charge in [0.2, 0.25) is 0 Å². The molecule has 1 saturated heterocycles. The minimum atomic E-state index is -1.20. The number of hydrogen-bond donors (Lipinski definition) is 0. The number of methoxy groups -OCH3 is 2. The van der Waals surface area contributed by atoms with Gasteiger partial charge >= 0.3 is 11.9 Å². The molecule has 0 bridgehead atoms. The fourth-order valence-corrected chi connectivity index (χ4v) is 5.29. The lowest BCUT2D eigenvalue weighted by Crippen LogP contribution is -2.41. The van der Waals surface area contributed by atoms with Gasteiger partial charge in [-0.1, -0.05) is 6.08 Å². The lowest BCUT2D eigenvalue weighted by Gasteiger charge is -2.30. The molecule has 1 aliphatic rings. The van der Waals surface area contributed by atoms with E-state index in [0.717, 1.165) is 17.9 Å². The summed E-state index contributed by atoms with van der Waals surface area (Å²) in [4.78, 5) is 24.5. The summed E-state index contributed by atoms with van der Waals surface area (Å²) in [6.45, 7) is 3.67. The van der Waals surface area contributed by atoms with Crippen LogP contribution in [0, 0.1) is 5.41 Å². The summed E-state index contributed by atoms with van der Waals surface area (Å²) < 4.78 is 10.2. The quantitative estimate of drug-likeness (QED) is 0.386. The van der Waals surface area contributed by atoms with Crippen molar-refractivity contribution in [1.29, 1.82) is 0 Å². The van der Waals surface area contributed by atoms with Crippen LogP contribution in [0.4, 0.5) is 0 Å². The van der Waals surface area contributed by atoms with Crippen LogP contribution in [0.3, 0.4) is 0 Å². The Bertz CT molecular complexity index is 349. The predicted molar refractivity (Wildman–Crippen MR) is 88.5 cm³/mol. The first-order valence-corrected chi connectivity index (χ1v) is 9.21. The molecule has 1 rings (SSSR count). The van der Waals surface area contributed by atoms with Crippen LogP contribution in [-0.2, 0) is 19.1 Å². The van der Waals surface area contributed by atoms with Gasteiger partial charge in [-0.05, 0) is 43.6 Å². The van der Waals surface area contributed by atoms with Gasteiger partial charge in [-0.25, -0.2) is 0 Å². The summed E-state index contributed by atoms with van der Waals surface area (Å²) in [5.74, 6) is 1.30. The molecule has 0 unspecified atom stereocenters. The Morgan fingerprint density at radius 3 is 2.24 bits per heavy atom. The molecule has 0 N–H and O–H groups in total. The average Bonchev–Trinajstić information content (AvgIpc) is 2.55. The lowest BCUT2D eigenvalue weighted by molar-refractivity contribution is -0.170. The number of ether oxygens (including phenoxy) is 2. The molecule has 1 heterocycles. The van der Waals surface area contributed by atoms with Crippen LogP contribution < -0.4 is 0 Å². The molecule has 0 spiro atoms. The molecule has 0 aromatic heterocycles. The summed E-state index contributed by atoms with van der Waals surface area (Å²) >= 11 is 3.81. The van der Waals surface area contributed by atoms with Gasteiger partial charge in [-0.3, -0.25) is 9.59 Å². The molecule has 0 radical (unpaired) electrons. The highest BCUT2D eigenvalue weighted by Gasteiger charge is 2.47. The number of hydrogen-bond acceptors (Lipinski definition) is 6. The second-order valence-electron chi connectivity index (χ2n) is 4.96. The van der Waals surface area contributed by atoms with Gasteiger partial charge in [0.25, 0.3) is 0 Å². The molecule has 0 aliphatic carbocycles. The minimum absolute atomic E-state index is 0.387. The molecule has 120 valence electrons. The first-order valence-electron chi connectivity index (χ1n) is 7.11. The van der Waals surface area contributed by atoms with E-state index in [-0.39, 0.29) is 0 Å². The molecule has 4 nitrogen and oxygen atoms in total. The van der Waals surface area contributed by atoms with Gasteiger partial charge < -0.3 is 9.47 Å². The normalized spacial score (nSPS) is 16.3. The van der Waals surface area contributed by atoms with Gasteiger partial charge in [-0.15, -0.1) is 30.1 Å². The van der Waals surface area contributed by atoms with Crippen molar-refractivity contribution in [3.8, 4) is 0 Å². The third-order valence-corrected chi connectivity index (χ3v) is 6.71. The Hall–Kier alpha value is -0.620. The molecular weight excluding hydrogens is 308 g/mol. The van der Waals surface area contributed by atoms with Crippen LogP contribution in [0.1, 0.15) is 32.1 Å². The Balaban J connectivity index is 2.83.